The number of carbonyl (C=O) groups is 1. The van der Waals surface area contributed by atoms with Crippen molar-refractivity contribution in [2.75, 3.05) is 25.1 Å². The highest BCUT2D eigenvalue weighted by Gasteiger charge is 2.26. The van der Waals surface area contributed by atoms with Crippen LogP contribution >= 0.6 is 11.3 Å². The SMILES string of the molecule is COc1ccc(C(=O)NCc2nc(N3C[C@@H](C)O[C@@H](C)C3)sc2-c2cc(C)nc(C)c2)cc1. The first-order chi connectivity index (χ1) is 15.8. The summed E-state index contributed by atoms with van der Waals surface area (Å²) in [6.45, 7) is 10.1. The van der Waals surface area contributed by atoms with Gasteiger partial charge in [0.2, 0.25) is 0 Å². The Morgan fingerprint density at radius 2 is 1.76 bits per heavy atom. The number of amides is 1. The van der Waals surface area contributed by atoms with Gasteiger partial charge < -0.3 is 19.7 Å². The maximum absolute atomic E-state index is 12.8. The Labute approximate surface area is 198 Å². The van der Waals surface area contributed by atoms with Crippen LogP contribution in [0.5, 0.6) is 5.75 Å². The highest BCUT2D eigenvalue weighted by molar-refractivity contribution is 7.19. The number of nitrogens with zero attached hydrogens (tertiary/aromatic N) is 3. The fraction of sp³-hybridized carbons (Fsp3) is 0.400. The second kappa shape index (κ2) is 9.89. The number of hydrogen-bond donors (Lipinski definition) is 1. The van der Waals surface area contributed by atoms with Crippen molar-refractivity contribution in [2.24, 2.45) is 0 Å². The lowest BCUT2D eigenvalue weighted by Gasteiger charge is -2.35. The van der Waals surface area contributed by atoms with Crippen LogP contribution < -0.4 is 15.0 Å². The van der Waals surface area contributed by atoms with Crippen molar-refractivity contribution in [1.82, 2.24) is 15.3 Å². The third-order valence-electron chi connectivity index (χ3n) is 5.49. The van der Waals surface area contributed by atoms with Crippen molar-refractivity contribution in [3.05, 3.63) is 59.0 Å². The number of anilines is 1. The van der Waals surface area contributed by atoms with Gasteiger partial charge in [-0.15, -0.1) is 0 Å². The molecule has 0 spiro atoms. The predicted octanol–water partition coefficient (Wildman–Crippen LogP) is 4.37. The molecule has 0 radical (unpaired) electrons. The van der Waals surface area contributed by atoms with Gasteiger partial charge in [-0.1, -0.05) is 11.3 Å². The van der Waals surface area contributed by atoms with Crippen molar-refractivity contribution in [3.8, 4) is 16.2 Å². The fourth-order valence-electron chi connectivity index (χ4n) is 4.13. The minimum absolute atomic E-state index is 0.143. The topological polar surface area (TPSA) is 76.6 Å². The standard InChI is InChI=1S/C25H30N4O3S/c1-15-10-20(11-16(2)27-15)23-22(12-26-24(30)19-6-8-21(31-5)9-7-19)28-25(33-23)29-13-17(3)32-18(4)14-29/h6-11,17-18H,12-14H2,1-5H3,(H,26,30)/t17-,18+. The smallest absolute Gasteiger partial charge is 0.251 e. The summed E-state index contributed by atoms with van der Waals surface area (Å²) in [5.41, 5.74) is 4.43. The van der Waals surface area contributed by atoms with Crippen LogP contribution in [0.15, 0.2) is 36.4 Å². The third-order valence-corrected chi connectivity index (χ3v) is 6.70. The van der Waals surface area contributed by atoms with Crippen molar-refractivity contribution in [3.63, 3.8) is 0 Å². The van der Waals surface area contributed by atoms with Crippen molar-refractivity contribution < 1.29 is 14.3 Å². The van der Waals surface area contributed by atoms with Crippen LogP contribution in [0.1, 0.15) is 41.3 Å². The Morgan fingerprint density at radius 3 is 2.36 bits per heavy atom. The van der Waals surface area contributed by atoms with Gasteiger partial charge in [0, 0.05) is 30.0 Å². The van der Waals surface area contributed by atoms with E-state index in [1.165, 1.54) is 0 Å². The molecular weight excluding hydrogens is 436 g/mol. The predicted molar refractivity (Wildman–Crippen MR) is 131 cm³/mol. The zero-order valence-corrected chi connectivity index (χ0v) is 20.5. The van der Waals surface area contributed by atoms with E-state index in [4.69, 9.17) is 14.5 Å². The summed E-state index contributed by atoms with van der Waals surface area (Å²) >= 11 is 1.66. The van der Waals surface area contributed by atoms with E-state index in [0.717, 1.165) is 51.5 Å². The molecule has 7 nitrogen and oxygen atoms in total. The second-order valence-electron chi connectivity index (χ2n) is 8.48. The molecule has 1 aliphatic heterocycles. The normalized spacial score (nSPS) is 18.3. The molecule has 4 rings (SSSR count). The van der Waals surface area contributed by atoms with Gasteiger partial charge in [0.25, 0.3) is 5.91 Å². The highest BCUT2D eigenvalue weighted by atomic mass is 32.1. The number of hydrogen-bond acceptors (Lipinski definition) is 7. The van der Waals surface area contributed by atoms with E-state index in [9.17, 15) is 4.79 Å². The van der Waals surface area contributed by atoms with Gasteiger partial charge in [0.05, 0.1) is 36.4 Å². The molecule has 0 aliphatic carbocycles. The molecule has 3 heterocycles. The molecule has 33 heavy (non-hydrogen) atoms. The van der Waals surface area contributed by atoms with Crippen LogP contribution in [0, 0.1) is 13.8 Å². The number of pyridine rings is 1. The van der Waals surface area contributed by atoms with Gasteiger partial charge in [-0.05, 0) is 69.7 Å². The van der Waals surface area contributed by atoms with Crippen molar-refractivity contribution in [1.29, 1.82) is 0 Å². The van der Waals surface area contributed by atoms with Crippen LogP contribution in [0.25, 0.3) is 10.4 Å². The molecule has 1 saturated heterocycles. The zero-order valence-electron chi connectivity index (χ0n) is 19.7. The number of thiazole rings is 1. The molecular formula is C25H30N4O3S. The van der Waals surface area contributed by atoms with Crippen LogP contribution in [-0.4, -0.2) is 48.3 Å². The first-order valence-corrected chi connectivity index (χ1v) is 11.9. The van der Waals surface area contributed by atoms with Gasteiger partial charge >= 0.3 is 0 Å². The maximum Gasteiger partial charge on any atom is 0.251 e. The molecule has 174 valence electrons. The van der Waals surface area contributed by atoms with E-state index in [0.29, 0.717) is 12.1 Å². The summed E-state index contributed by atoms with van der Waals surface area (Å²) in [5, 5.41) is 3.98. The zero-order chi connectivity index (χ0) is 23.5. The first kappa shape index (κ1) is 23.2. The number of aromatic nitrogens is 2. The minimum Gasteiger partial charge on any atom is -0.497 e. The van der Waals surface area contributed by atoms with Gasteiger partial charge in [-0.25, -0.2) is 4.98 Å². The minimum atomic E-state index is -0.145. The molecule has 3 aromatic rings. The molecule has 1 fully saturated rings. The Hall–Kier alpha value is -2.97. The monoisotopic (exact) mass is 466 g/mol. The molecule has 0 bridgehead atoms. The first-order valence-electron chi connectivity index (χ1n) is 11.1. The number of methoxy groups -OCH3 is 1. The van der Waals surface area contributed by atoms with Crippen LogP contribution in [0.3, 0.4) is 0 Å². The fourth-order valence-corrected chi connectivity index (χ4v) is 5.22. The summed E-state index contributed by atoms with van der Waals surface area (Å²) < 4.78 is 11.1. The Kier molecular flexibility index (Phi) is 6.95. The van der Waals surface area contributed by atoms with E-state index < -0.39 is 0 Å². The second-order valence-corrected chi connectivity index (χ2v) is 9.46. The molecule has 0 saturated carbocycles. The Morgan fingerprint density at radius 1 is 1.12 bits per heavy atom. The van der Waals surface area contributed by atoms with Crippen LogP contribution in [0.2, 0.25) is 0 Å². The van der Waals surface area contributed by atoms with E-state index in [1.807, 2.05) is 13.8 Å². The van der Waals surface area contributed by atoms with Crippen LogP contribution in [-0.2, 0) is 11.3 Å². The molecule has 1 N–H and O–H groups in total. The Balaban J connectivity index is 1.61. The quantitative estimate of drug-likeness (QED) is 0.581. The van der Waals surface area contributed by atoms with Crippen molar-refractivity contribution >= 4 is 22.4 Å². The lowest BCUT2D eigenvalue weighted by molar-refractivity contribution is -0.00523. The average Bonchev–Trinajstić information content (AvgIpc) is 3.21. The largest absolute Gasteiger partial charge is 0.497 e. The van der Waals surface area contributed by atoms with Crippen LogP contribution in [0.4, 0.5) is 5.13 Å². The summed E-state index contributed by atoms with van der Waals surface area (Å²) in [5.74, 6) is 0.573. The maximum atomic E-state index is 12.8. The summed E-state index contributed by atoms with van der Waals surface area (Å²) in [4.78, 5) is 25.6. The molecule has 2 atom stereocenters. The van der Waals surface area contributed by atoms with E-state index in [-0.39, 0.29) is 18.1 Å². The summed E-state index contributed by atoms with van der Waals surface area (Å²) in [6, 6.07) is 11.2. The number of ether oxygens (including phenoxy) is 2. The number of nitrogens with one attached hydrogen (secondary N) is 1. The third kappa shape index (κ3) is 5.51. The average molecular weight is 467 g/mol. The molecule has 2 aromatic heterocycles. The van der Waals surface area contributed by atoms with Gasteiger partial charge in [-0.2, -0.15) is 0 Å². The lowest BCUT2D eigenvalue weighted by Crippen LogP contribution is -2.45. The number of rotatable bonds is 6. The number of carbonyl (C=O) groups excluding carboxylic acids is 1. The Bertz CT molecular complexity index is 1100. The lowest BCUT2D eigenvalue weighted by atomic mass is 10.1. The van der Waals surface area contributed by atoms with Gasteiger partial charge in [-0.3, -0.25) is 9.78 Å². The van der Waals surface area contributed by atoms with Gasteiger partial charge in [0.15, 0.2) is 5.13 Å². The molecule has 1 amide bonds. The molecule has 1 aromatic carbocycles. The molecule has 0 unspecified atom stereocenters. The molecule has 8 heteroatoms. The number of aryl methyl sites for hydroxylation is 2. The van der Waals surface area contributed by atoms with E-state index in [1.54, 1.807) is 42.7 Å². The van der Waals surface area contributed by atoms with E-state index >= 15 is 0 Å². The number of benzene rings is 1. The molecule has 1 aliphatic rings. The van der Waals surface area contributed by atoms with Crippen molar-refractivity contribution in [2.45, 2.75) is 46.4 Å². The van der Waals surface area contributed by atoms with Gasteiger partial charge in [0.1, 0.15) is 5.75 Å². The summed E-state index contributed by atoms with van der Waals surface area (Å²) in [7, 11) is 1.61. The summed E-state index contributed by atoms with van der Waals surface area (Å²) in [6.07, 6.45) is 0.287. The number of morpholine rings is 1. The highest BCUT2D eigenvalue weighted by Crippen LogP contribution is 2.36. The van der Waals surface area contributed by atoms with E-state index in [2.05, 4.69) is 41.2 Å².